The molecule has 0 aromatic heterocycles. The second kappa shape index (κ2) is 5.33. The van der Waals surface area contributed by atoms with Crippen molar-refractivity contribution in [1.29, 1.82) is 0 Å². The third-order valence-corrected chi connectivity index (χ3v) is 3.13. The van der Waals surface area contributed by atoms with Gasteiger partial charge in [-0.15, -0.1) is 0 Å². The SMILES string of the molecule is OCCN1CCN(C2=CCCC=C2)CC1. The quantitative estimate of drug-likeness (QED) is 0.744. The van der Waals surface area contributed by atoms with E-state index in [9.17, 15) is 0 Å². The summed E-state index contributed by atoms with van der Waals surface area (Å²) in [5.41, 5.74) is 1.39. The monoisotopic (exact) mass is 208 g/mol. The van der Waals surface area contributed by atoms with Gasteiger partial charge in [-0.05, 0) is 18.9 Å². The fourth-order valence-corrected chi connectivity index (χ4v) is 2.21. The third kappa shape index (κ3) is 2.83. The number of aliphatic hydroxyl groups is 1. The molecule has 0 aromatic rings. The minimum Gasteiger partial charge on any atom is -0.395 e. The van der Waals surface area contributed by atoms with E-state index in [0.717, 1.165) is 32.7 Å². The Morgan fingerprint density at radius 1 is 1.13 bits per heavy atom. The molecule has 1 saturated heterocycles. The number of hydrogen-bond donors (Lipinski definition) is 1. The fraction of sp³-hybridized carbons (Fsp3) is 0.667. The lowest BCUT2D eigenvalue weighted by Gasteiger charge is -2.36. The zero-order chi connectivity index (χ0) is 10.5. The topological polar surface area (TPSA) is 26.7 Å². The Labute approximate surface area is 91.7 Å². The predicted molar refractivity (Wildman–Crippen MR) is 61.6 cm³/mol. The summed E-state index contributed by atoms with van der Waals surface area (Å²) in [4.78, 5) is 4.77. The van der Waals surface area contributed by atoms with Crippen LogP contribution in [0.2, 0.25) is 0 Å². The number of hydrogen-bond acceptors (Lipinski definition) is 3. The van der Waals surface area contributed by atoms with Gasteiger partial charge in [-0.2, -0.15) is 0 Å². The van der Waals surface area contributed by atoms with Crippen molar-refractivity contribution in [2.75, 3.05) is 39.3 Å². The molecule has 1 aliphatic heterocycles. The first-order chi connectivity index (χ1) is 7.40. The van der Waals surface area contributed by atoms with E-state index in [1.165, 1.54) is 18.5 Å². The van der Waals surface area contributed by atoms with Crippen LogP contribution in [-0.4, -0.2) is 54.2 Å². The van der Waals surface area contributed by atoms with Crippen molar-refractivity contribution >= 4 is 0 Å². The van der Waals surface area contributed by atoms with Crippen LogP contribution >= 0.6 is 0 Å². The number of piperazine rings is 1. The van der Waals surface area contributed by atoms with Crippen LogP contribution in [0.1, 0.15) is 12.8 Å². The van der Waals surface area contributed by atoms with E-state index in [1.807, 2.05) is 0 Å². The van der Waals surface area contributed by atoms with Gasteiger partial charge in [0.15, 0.2) is 0 Å². The number of allylic oxidation sites excluding steroid dienone is 3. The van der Waals surface area contributed by atoms with Gasteiger partial charge < -0.3 is 10.0 Å². The van der Waals surface area contributed by atoms with Gasteiger partial charge in [-0.3, -0.25) is 4.90 Å². The second-order valence-electron chi connectivity index (χ2n) is 4.16. The molecule has 0 spiro atoms. The lowest BCUT2D eigenvalue weighted by molar-refractivity contribution is 0.133. The summed E-state index contributed by atoms with van der Waals surface area (Å²) >= 11 is 0. The summed E-state index contributed by atoms with van der Waals surface area (Å²) in [6, 6.07) is 0. The summed E-state index contributed by atoms with van der Waals surface area (Å²) in [7, 11) is 0. The van der Waals surface area contributed by atoms with Gasteiger partial charge in [0.05, 0.1) is 6.61 Å². The molecule has 0 radical (unpaired) electrons. The highest BCUT2D eigenvalue weighted by atomic mass is 16.3. The first-order valence-electron chi connectivity index (χ1n) is 5.85. The van der Waals surface area contributed by atoms with E-state index in [4.69, 9.17) is 5.11 Å². The standard InChI is InChI=1S/C12H20N2O/c15-11-10-13-6-8-14(9-7-13)12-4-2-1-3-5-12/h2,4-5,15H,1,3,6-11H2. The molecule has 0 aromatic carbocycles. The molecule has 15 heavy (non-hydrogen) atoms. The summed E-state index contributed by atoms with van der Waals surface area (Å²) in [5, 5.41) is 8.86. The van der Waals surface area contributed by atoms with Gasteiger partial charge in [-0.1, -0.05) is 12.2 Å². The highest BCUT2D eigenvalue weighted by molar-refractivity contribution is 5.21. The summed E-state index contributed by atoms with van der Waals surface area (Å²) in [6.07, 6.45) is 9.21. The number of rotatable bonds is 3. The first kappa shape index (κ1) is 10.7. The Morgan fingerprint density at radius 3 is 2.53 bits per heavy atom. The first-order valence-corrected chi connectivity index (χ1v) is 5.85. The van der Waals surface area contributed by atoms with E-state index in [1.54, 1.807) is 0 Å². The largest absolute Gasteiger partial charge is 0.395 e. The smallest absolute Gasteiger partial charge is 0.0558 e. The van der Waals surface area contributed by atoms with Crippen LogP contribution < -0.4 is 0 Å². The van der Waals surface area contributed by atoms with Crippen molar-refractivity contribution in [3.05, 3.63) is 23.9 Å². The van der Waals surface area contributed by atoms with Crippen LogP contribution in [0, 0.1) is 0 Å². The van der Waals surface area contributed by atoms with Gasteiger partial charge >= 0.3 is 0 Å². The molecule has 1 aliphatic carbocycles. The van der Waals surface area contributed by atoms with Gasteiger partial charge in [0.2, 0.25) is 0 Å². The van der Waals surface area contributed by atoms with Crippen LogP contribution in [0.25, 0.3) is 0 Å². The van der Waals surface area contributed by atoms with Crippen LogP contribution in [0.15, 0.2) is 23.9 Å². The van der Waals surface area contributed by atoms with Gasteiger partial charge in [-0.25, -0.2) is 0 Å². The Kier molecular flexibility index (Phi) is 3.80. The van der Waals surface area contributed by atoms with Crippen molar-refractivity contribution in [3.63, 3.8) is 0 Å². The molecule has 2 rings (SSSR count). The van der Waals surface area contributed by atoms with Crippen LogP contribution in [0.4, 0.5) is 0 Å². The maximum Gasteiger partial charge on any atom is 0.0558 e. The maximum absolute atomic E-state index is 8.86. The molecule has 2 aliphatic rings. The van der Waals surface area contributed by atoms with Crippen LogP contribution in [-0.2, 0) is 0 Å². The molecule has 1 N–H and O–H groups in total. The maximum atomic E-state index is 8.86. The highest BCUT2D eigenvalue weighted by Gasteiger charge is 2.17. The molecule has 84 valence electrons. The summed E-state index contributed by atoms with van der Waals surface area (Å²) in [5.74, 6) is 0. The van der Waals surface area contributed by atoms with E-state index in [2.05, 4.69) is 28.0 Å². The zero-order valence-electron chi connectivity index (χ0n) is 9.23. The fourth-order valence-electron chi connectivity index (χ4n) is 2.21. The molecular weight excluding hydrogens is 188 g/mol. The predicted octanol–water partition coefficient (Wildman–Crippen LogP) is 0.830. The zero-order valence-corrected chi connectivity index (χ0v) is 9.23. The summed E-state index contributed by atoms with van der Waals surface area (Å²) < 4.78 is 0. The molecule has 3 heteroatoms. The molecule has 0 atom stereocenters. The molecule has 0 unspecified atom stereocenters. The van der Waals surface area contributed by atoms with E-state index >= 15 is 0 Å². The van der Waals surface area contributed by atoms with Crippen LogP contribution in [0.5, 0.6) is 0 Å². The number of nitrogens with zero attached hydrogens (tertiary/aromatic N) is 2. The van der Waals surface area contributed by atoms with Crippen molar-refractivity contribution < 1.29 is 5.11 Å². The average Bonchev–Trinajstić information content (AvgIpc) is 2.32. The van der Waals surface area contributed by atoms with Gasteiger partial charge in [0, 0.05) is 38.4 Å². The van der Waals surface area contributed by atoms with Gasteiger partial charge in [0.25, 0.3) is 0 Å². The van der Waals surface area contributed by atoms with Crippen molar-refractivity contribution in [3.8, 4) is 0 Å². The van der Waals surface area contributed by atoms with Crippen molar-refractivity contribution in [2.24, 2.45) is 0 Å². The third-order valence-electron chi connectivity index (χ3n) is 3.13. The molecule has 3 nitrogen and oxygen atoms in total. The van der Waals surface area contributed by atoms with E-state index < -0.39 is 0 Å². The minimum atomic E-state index is 0.280. The number of β-amino-alcohol motifs (C(OH)–C–C–N with tert-alkyl or cyclic N) is 1. The second-order valence-corrected chi connectivity index (χ2v) is 4.16. The van der Waals surface area contributed by atoms with Crippen molar-refractivity contribution in [1.82, 2.24) is 9.80 Å². The Bertz CT molecular complexity index is 252. The van der Waals surface area contributed by atoms with E-state index in [0.29, 0.717) is 0 Å². The Morgan fingerprint density at radius 2 is 1.93 bits per heavy atom. The molecule has 0 amide bonds. The lowest BCUT2D eigenvalue weighted by atomic mass is 10.1. The molecule has 0 bridgehead atoms. The Balaban J connectivity index is 1.82. The van der Waals surface area contributed by atoms with Crippen LogP contribution in [0.3, 0.4) is 0 Å². The minimum absolute atomic E-state index is 0.280. The highest BCUT2D eigenvalue weighted by Crippen LogP contribution is 2.16. The normalized spacial score (nSPS) is 23.0. The molecule has 1 fully saturated rings. The Hall–Kier alpha value is -0.800. The van der Waals surface area contributed by atoms with Gasteiger partial charge in [0.1, 0.15) is 0 Å². The number of aliphatic hydroxyl groups excluding tert-OH is 1. The summed E-state index contributed by atoms with van der Waals surface area (Å²) in [6.45, 7) is 5.44. The average molecular weight is 208 g/mol. The molecular formula is C12H20N2O. The van der Waals surface area contributed by atoms with Crippen molar-refractivity contribution in [2.45, 2.75) is 12.8 Å². The van der Waals surface area contributed by atoms with E-state index in [-0.39, 0.29) is 6.61 Å². The molecule has 0 saturated carbocycles. The molecule has 1 heterocycles. The lowest BCUT2D eigenvalue weighted by Crippen LogP contribution is -2.46.